The van der Waals surface area contributed by atoms with Crippen molar-refractivity contribution in [3.8, 4) is 10.6 Å². The Morgan fingerprint density at radius 3 is 2.40 bits per heavy atom. The lowest BCUT2D eigenvalue weighted by molar-refractivity contribution is 1.10. The monoisotopic (exact) mass is 281 g/mol. The lowest BCUT2D eigenvalue weighted by atomic mass is 10.1. The van der Waals surface area contributed by atoms with E-state index >= 15 is 0 Å². The van der Waals surface area contributed by atoms with Crippen LogP contribution in [0.1, 0.15) is 12.5 Å². The number of rotatable bonds is 4. The Labute approximate surface area is 122 Å². The molecule has 3 nitrogen and oxygen atoms in total. The predicted octanol–water partition coefficient (Wildman–Crippen LogP) is 4.51. The summed E-state index contributed by atoms with van der Waals surface area (Å²) in [5.41, 5.74) is 3.47. The highest BCUT2D eigenvalue weighted by molar-refractivity contribution is 7.18. The van der Waals surface area contributed by atoms with Crippen LogP contribution in [0.15, 0.2) is 54.6 Å². The minimum absolute atomic E-state index is 0.813. The number of aromatic nitrogens is 2. The molecule has 4 heteroatoms. The van der Waals surface area contributed by atoms with Crippen molar-refractivity contribution < 1.29 is 0 Å². The van der Waals surface area contributed by atoms with Gasteiger partial charge in [0.15, 0.2) is 0 Å². The van der Waals surface area contributed by atoms with Crippen LogP contribution in [-0.2, 0) is 6.42 Å². The Morgan fingerprint density at radius 2 is 1.70 bits per heavy atom. The fraction of sp³-hybridized carbons (Fsp3) is 0.125. The van der Waals surface area contributed by atoms with E-state index < -0.39 is 0 Å². The van der Waals surface area contributed by atoms with Gasteiger partial charge in [0.05, 0.1) is 0 Å². The molecule has 0 saturated carbocycles. The van der Waals surface area contributed by atoms with Crippen LogP contribution in [0.2, 0.25) is 0 Å². The highest BCUT2D eigenvalue weighted by Gasteiger charge is 2.06. The molecule has 0 aliphatic heterocycles. The van der Waals surface area contributed by atoms with Crippen LogP contribution >= 0.6 is 11.3 Å². The fourth-order valence-corrected chi connectivity index (χ4v) is 2.69. The fourth-order valence-electron chi connectivity index (χ4n) is 1.92. The van der Waals surface area contributed by atoms with Crippen LogP contribution in [0, 0.1) is 0 Å². The summed E-state index contributed by atoms with van der Waals surface area (Å²) in [6, 6.07) is 18.5. The van der Waals surface area contributed by atoms with E-state index in [1.54, 1.807) is 11.3 Å². The molecule has 0 amide bonds. The zero-order chi connectivity index (χ0) is 13.8. The Bertz CT molecular complexity index is 674. The zero-order valence-corrected chi connectivity index (χ0v) is 12.0. The van der Waals surface area contributed by atoms with E-state index in [-0.39, 0.29) is 0 Å². The molecule has 1 heterocycles. The van der Waals surface area contributed by atoms with Crippen molar-refractivity contribution in [1.82, 2.24) is 10.2 Å². The molecule has 100 valence electrons. The van der Waals surface area contributed by atoms with Crippen LogP contribution in [0.3, 0.4) is 0 Å². The summed E-state index contributed by atoms with van der Waals surface area (Å²) in [6.45, 7) is 2.15. The molecule has 0 atom stereocenters. The minimum atomic E-state index is 0.813. The summed E-state index contributed by atoms with van der Waals surface area (Å²) in [4.78, 5) is 0. The summed E-state index contributed by atoms with van der Waals surface area (Å²) in [6.07, 6.45) is 1.05. The number of hydrogen-bond donors (Lipinski definition) is 1. The van der Waals surface area contributed by atoms with Crippen molar-refractivity contribution in [2.45, 2.75) is 13.3 Å². The van der Waals surface area contributed by atoms with E-state index in [4.69, 9.17) is 0 Å². The number of anilines is 2. The Kier molecular flexibility index (Phi) is 3.74. The van der Waals surface area contributed by atoms with Crippen molar-refractivity contribution in [2.24, 2.45) is 0 Å². The number of nitrogens with one attached hydrogen (secondary N) is 1. The maximum Gasteiger partial charge on any atom is 0.210 e. The van der Waals surface area contributed by atoms with Gasteiger partial charge in [0.2, 0.25) is 5.13 Å². The maximum absolute atomic E-state index is 4.22. The summed E-state index contributed by atoms with van der Waals surface area (Å²) in [7, 11) is 0. The van der Waals surface area contributed by atoms with E-state index in [1.165, 1.54) is 5.56 Å². The average molecular weight is 281 g/mol. The third kappa shape index (κ3) is 2.86. The summed E-state index contributed by atoms with van der Waals surface area (Å²) >= 11 is 1.56. The van der Waals surface area contributed by atoms with E-state index in [1.807, 2.05) is 30.3 Å². The molecule has 20 heavy (non-hydrogen) atoms. The molecule has 0 unspecified atom stereocenters. The zero-order valence-electron chi connectivity index (χ0n) is 11.2. The molecular weight excluding hydrogens is 266 g/mol. The van der Waals surface area contributed by atoms with Crippen LogP contribution in [-0.4, -0.2) is 10.2 Å². The maximum atomic E-state index is 4.22. The van der Waals surface area contributed by atoms with Gasteiger partial charge in [0.25, 0.3) is 0 Å². The first-order valence-corrected chi connectivity index (χ1v) is 7.41. The van der Waals surface area contributed by atoms with Gasteiger partial charge in [-0.25, -0.2) is 0 Å². The van der Waals surface area contributed by atoms with E-state index in [0.29, 0.717) is 0 Å². The molecule has 0 spiro atoms. The molecule has 0 saturated heterocycles. The van der Waals surface area contributed by atoms with Gasteiger partial charge in [-0.3, -0.25) is 0 Å². The molecular formula is C16H15N3S. The first kappa shape index (κ1) is 12.8. The summed E-state index contributed by atoms with van der Waals surface area (Å²) in [5.74, 6) is 0. The lowest BCUT2D eigenvalue weighted by Crippen LogP contribution is -1.89. The van der Waals surface area contributed by atoms with Crippen molar-refractivity contribution in [3.63, 3.8) is 0 Å². The van der Waals surface area contributed by atoms with Crippen LogP contribution in [0.25, 0.3) is 10.6 Å². The molecule has 0 fully saturated rings. The Balaban J connectivity index is 1.77. The van der Waals surface area contributed by atoms with Crippen molar-refractivity contribution in [1.29, 1.82) is 0 Å². The normalized spacial score (nSPS) is 10.4. The highest BCUT2D eigenvalue weighted by atomic mass is 32.1. The molecule has 2 aromatic carbocycles. The first-order valence-electron chi connectivity index (χ1n) is 6.60. The summed E-state index contributed by atoms with van der Waals surface area (Å²) in [5, 5.41) is 13.4. The van der Waals surface area contributed by atoms with Crippen molar-refractivity contribution in [3.05, 3.63) is 60.2 Å². The molecule has 0 aliphatic carbocycles. The van der Waals surface area contributed by atoms with Crippen LogP contribution in [0.5, 0.6) is 0 Å². The lowest BCUT2D eigenvalue weighted by Gasteiger charge is -2.02. The van der Waals surface area contributed by atoms with Gasteiger partial charge in [-0.15, -0.1) is 10.2 Å². The third-order valence-corrected chi connectivity index (χ3v) is 3.95. The number of aryl methyl sites for hydroxylation is 1. The van der Waals surface area contributed by atoms with Gasteiger partial charge in [0.1, 0.15) is 5.01 Å². The predicted molar refractivity (Wildman–Crippen MR) is 84.4 cm³/mol. The molecule has 0 bridgehead atoms. The van der Waals surface area contributed by atoms with E-state index in [0.717, 1.165) is 27.8 Å². The second-order valence-corrected chi connectivity index (χ2v) is 5.43. The van der Waals surface area contributed by atoms with Gasteiger partial charge in [0, 0.05) is 11.3 Å². The van der Waals surface area contributed by atoms with E-state index in [2.05, 4.69) is 46.7 Å². The van der Waals surface area contributed by atoms with Crippen molar-refractivity contribution >= 4 is 22.2 Å². The van der Waals surface area contributed by atoms with Crippen molar-refractivity contribution in [2.75, 3.05) is 5.32 Å². The number of benzene rings is 2. The van der Waals surface area contributed by atoms with Gasteiger partial charge in [-0.1, -0.05) is 60.7 Å². The smallest absolute Gasteiger partial charge is 0.210 e. The largest absolute Gasteiger partial charge is 0.330 e. The Morgan fingerprint density at radius 1 is 0.950 bits per heavy atom. The second-order valence-electron chi connectivity index (χ2n) is 4.45. The number of hydrogen-bond acceptors (Lipinski definition) is 4. The number of nitrogens with zero attached hydrogens (tertiary/aromatic N) is 2. The third-order valence-electron chi connectivity index (χ3n) is 3.06. The standard InChI is InChI=1S/C16H15N3S/c1-2-12-8-10-14(11-9-12)17-16-19-18-15(20-16)13-6-4-3-5-7-13/h3-11H,2H2,1H3,(H,17,19). The quantitative estimate of drug-likeness (QED) is 0.764. The SMILES string of the molecule is CCc1ccc(Nc2nnc(-c3ccccc3)s2)cc1. The summed E-state index contributed by atoms with van der Waals surface area (Å²) < 4.78 is 0. The van der Waals surface area contributed by atoms with Gasteiger partial charge < -0.3 is 5.32 Å². The highest BCUT2D eigenvalue weighted by Crippen LogP contribution is 2.28. The molecule has 1 aromatic heterocycles. The van der Waals surface area contributed by atoms with Crippen LogP contribution < -0.4 is 5.32 Å². The van der Waals surface area contributed by atoms with Gasteiger partial charge in [-0.05, 0) is 24.1 Å². The molecule has 0 radical (unpaired) electrons. The average Bonchev–Trinajstić information content (AvgIpc) is 2.97. The topological polar surface area (TPSA) is 37.8 Å². The van der Waals surface area contributed by atoms with Gasteiger partial charge >= 0.3 is 0 Å². The minimum Gasteiger partial charge on any atom is -0.330 e. The molecule has 3 rings (SSSR count). The molecule has 1 N–H and O–H groups in total. The molecule has 0 aliphatic rings. The van der Waals surface area contributed by atoms with Crippen LogP contribution in [0.4, 0.5) is 10.8 Å². The Hall–Kier alpha value is -2.20. The van der Waals surface area contributed by atoms with E-state index in [9.17, 15) is 0 Å². The molecule has 3 aromatic rings. The van der Waals surface area contributed by atoms with Gasteiger partial charge in [-0.2, -0.15) is 0 Å². The first-order chi connectivity index (χ1) is 9.85. The second kappa shape index (κ2) is 5.84.